The van der Waals surface area contributed by atoms with Crippen LogP contribution >= 0.6 is 11.3 Å². The molecule has 1 saturated heterocycles. The topological polar surface area (TPSA) is 29.5 Å². The molecule has 1 fully saturated rings. The quantitative estimate of drug-likeness (QED) is 0.682. The second kappa shape index (κ2) is 8.42. The van der Waals surface area contributed by atoms with Crippen LogP contribution in [-0.4, -0.2) is 30.1 Å². The molecule has 20 heavy (non-hydrogen) atoms. The Hall–Kier alpha value is -0.870. The lowest BCUT2D eigenvalue weighted by molar-refractivity contribution is -0.133. The van der Waals surface area contributed by atoms with Gasteiger partial charge in [0.25, 0.3) is 0 Å². The number of ether oxygens (including phenoxy) is 1. The molecule has 1 aliphatic rings. The van der Waals surface area contributed by atoms with Crippen molar-refractivity contribution in [3.8, 4) is 0 Å². The van der Waals surface area contributed by atoms with Gasteiger partial charge in [-0.25, -0.2) is 0 Å². The van der Waals surface area contributed by atoms with Crippen molar-refractivity contribution in [2.45, 2.75) is 58.1 Å². The van der Waals surface area contributed by atoms with E-state index in [0.717, 1.165) is 51.8 Å². The molecule has 2 rings (SSSR count). The molecule has 3 nitrogen and oxygen atoms in total. The molecule has 1 unspecified atom stereocenters. The van der Waals surface area contributed by atoms with Crippen molar-refractivity contribution in [3.05, 3.63) is 22.4 Å². The first-order chi connectivity index (χ1) is 9.79. The first-order valence-corrected chi connectivity index (χ1v) is 8.59. The molecule has 0 aromatic carbocycles. The predicted molar refractivity (Wildman–Crippen MR) is 82.9 cm³/mol. The number of carbonyl (C=O) groups is 1. The number of nitrogens with zero attached hydrogens (tertiary/aromatic N) is 1. The fourth-order valence-electron chi connectivity index (χ4n) is 2.56. The summed E-state index contributed by atoms with van der Waals surface area (Å²) in [4.78, 5) is 15.7. The van der Waals surface area contributed by atoms with Gasteiger partial charge < -0.3 is 9.64 Å². The Kier molecular flexibility index (Phi) is 6.54. The van der Waals surface area contributed by atoms with Gasteiger partial charge >= 0.3 is 0 Å². The minimum atomic E-state index is 0.241. The molecule has 0 bridgehead atoms. The summed E-state index contributed by atoms with van der Waals surface area (Å²) in [6, 6.07) is 4.15. The molecular weight excluding hydrogens is 270 g/mol. The van der Waals surface area contributed by atoms with Crippen LogP contribution in [0.1, 0.15) is 50.3 Å². The average Bonchev–Trinajstić information content (AvgIpc) is 3.11. The van der Waals surface area contributed by atoms with Gasteiger partial charge in [0.05, 0.1) is 12.6 Å². The van der Waals surface area contributed by atoms with Crippen molar-refractivity contribution < 1.29 is 9.53 Å². The molecule has 0 aliphatic carbocycles. The minimum absolute atomic E-state index is 0.241. The van der Waals surface area contributed by atoms with Gasteiger partial charge in [0, 0.05) is 24.4 Å². The van der Waals surface area contributed by atoms with Crippen LogP contribution in [0, 0.1) is 0 Å². The maximum Gasteiger partial charge on any atom is 0.222 e. The van der Waals surface area contributed by atoms with E-state index in [1.807, 2.05) is 11.0 Å². The third-order valence-electron chi connectivity index (χ3n) is 3.72. The van der Waals surface area contributed by atoms with E-state index in [-0.39, 0.29) is 12.0 Å². The second-order valence-corrected chi connectivity index (χ2v) is 6.48. The van der Waals surface area contributed by atoms with Crippen molar-refractivity contribution in [3.63, 3.8) is 0 Å². The highest BCUT2D eigenvalue weighted by atomic mass is 32.1. The van der Waals surface area contributed by atoms with E-state index in [9.17, 15) is 4.79 Å². The summed E-state index contributed by atoms with van der Waals surface area (Å²) < 4.78 is 5.69. The Morgan fingerprint density at radius 3 is 3.05 bits per heavy atom. The summed E-state index contributed by atoms with van der Waals surface area (Å²) in [5, 5.41) is 2.07. The summed E-state index contributed by atoms with van der Waals surface area (Å²) in [6.07, 6.45) is 6.42. The van der Waals surface area contributed by atoms with Gasteiger partial charge in [-0.05, 0) is 30.7 Å². The lowest BCUT2D eigenvalue weighted by Gasteiger charge is -2.25. The van der Waals surface area contributed by atoms with Gasteiger partial charge in [-0.2, -0.15) is 0 Å². The maximum absolute atomic E-state index is 12.4. The van der Waals surface area contributed by atoms with Gasteiger partial charge in [-0.3, -0.25) is 4.79 Å². The van der Waals surface area contributed by atoms with E-state index >= 15 is 0 Å². The maximum atomic E-state index is 12.4. The Labute approximate surface area is 125 Å². The number of thiophene rings is 1. The van der Waals surface area contributed by atoms with Gasteiger partial charge in [0.2, 0.25) is 5.91 Å². The first kappa shape index (κ1) is 15.5. The number of amides is 1. The molecule has 0 saturated carbocycles. The molecule has 4 heteroatoms. The fourth-order valence-corrected chi connectivity index (χ4v) is 3.28. The molecule has 1 atom stereocenters. The SMILES string of the molecule is CCCCCC(=O)N(Cc1cccs1)CC1CCCO1. The Morgan fingerprint density at radius 2 is 2.40 bits per heavy atom. The van der Waals surface area contributed by atoms with E-state index in [0.29, 0.717) is 6.42 Å². The number of rotatable bonds is 8. The minimum Gasteiger partial charge on any atom is -0.376 e. The highest BCUT2D eigenvalue weighted by Gasteiger charge is 2.22. The number of hydrogen-bond acceptors (Lipinski definition) is 3. The lowest BCUT2D eigenvalue weighted by Crippen LogP contribution is -2.36. The molecule has 1 aliphatic heterocycles. The van der Waals surface area contributed by atoms with Crippen molar-refractivity contribution in [2.75, 3.05) is 13.2 Å². The predicted octanol–water partition coefficient (Wildman–Crippen LogP) is 3.84. The molecule has 0 spiro atoms. The Morgan fingerprint density at radius 1 is 1.50 bits per heavy atom. The molecule has 1 aromatic heterocycles. The highest BCUT2D eigenvalue weighted by Crippen LogP contribution is 2.18. The molecule has 1 aromatic rings. The largest absolute Gasteiger partial charge is 0.376 e. The lowest BCUT2D eigenvalue weighted by atomic mass is 10.1. The van der Waals surface area contributed by atoms with Crippen LogP contribution < -0.4 is 0 Å². The summed E-state index contributed by atoms with van der Waals surface area (Å²) in [7, 11) is 0. The summed E-state index contributed by atoms with van der Waals surface area (Å²) in [5.41, 5.74) is 0. The Bertz CT molecular complexity index is 385. The summed E-state index contributed by atoms with van der Waals surface area (Å²) in [5.74, 6) is 0.280. The average molecular weight is 295 g/mol. The second-order valence-electron chi connectivity index (χ2n) is 5.45. The van der Waals surface area contributed by atoms with Crippen molar-refractivity contribution in [1.82, 2.24) is 4.90 Å². The zero-order valence-corrected chi connectivity index (χ0v) is 13.2. The van der Waals surface area contributed by atoms with Crippen LogP contribution in [0.4, 0.5) is 0 Å². The van der Waals surface area contributed by atoms with E-state index in [2.05, 4.69) is 18.4 Å². The van der Waals surface area contributed by atoms with Crippen LogP contribution in [0.2, 0.25) is 0 Å². The van der Waals surface area contributed by atoms with Crippen molar-refractivity contribution in [2.24, 2.45) is 0 Å². The summed E-state index contributed by atoms with van der Waals surface area (Å²) in [6.45, 7) is 4.51. The molecule has 1 amide bonds. The van der Waals surface area contributed by atoms with Crippen LogP contribution in [-0.2, 0) is 16.1 Å². The van der Waals surface area contributed by atoms with Crippen molar-refractivity contribution >= 4 is 17.2 Å². The zero-order valence-electron chi connectivity index (χ0n) is 12.3. The van der Waals surface area contributed by atoms with E-state index in [1.165, 1.54) is 4.88 Å². The molecule has 0 radical (unpaired) electrons. The normalized spacial score (nSPS) is 18.4. The highest BCUT2D eigenvalue weighted by molar-refractivity contribution is 7.09. The third-order valence-corrected chi connectivity index (χ3v) is 4.58. The molecule has 2 heterocycles. The molecule has 112 valence electrons. The first-order valence-electron chi connectivity index (χ1n) is 7.71. The Balaban J connectivity index is 1.89. The van der Waals surface area contributed by atoms with Gasteiger partial charge in [0.15, 0.2) is 0 Å². The zero-order chi connectivity index (χ0) is 14.2. The van der Waals surface area contributed by atoms with Crippen LogP contribution in [0.5, 0.6) is 0 Å². The number of unbranched alkanes of at least 4 members (excludes halogenated alkanes) is 2. The molecular formula is C16H25NO2S. The van der Waals surface area contributed by atoms with Crippen molar-refractivity contribution in [1.29, 1.82) is 0 Å². The molecule has 0 N–H and O–H groups in total. The van der Waals surface area contributed by atoms with Crippen LogP contribution in [0.3, 0.4) is 0 Å². The van der Waals surface area contributed by atoms with Crippen LogP contribution in [0.15, 0.2) is 17.5 Å². The third kappa shape index (κ3) is 4.91. The van der Waals surface area contributed by atoms with E-state index < -0.39 is 0 Å². The smallest absolute Gasteiger partial charge is 0.222 e. The van der Waals surface area contributed by atoms with Gasteiger partial charge in [0.1, 0.15) is 0 Å². The van der Waals surface area contributed by atoms with Gasteiger partial charge in [-0.15, -0.1) is 11.3 Å². The fraction of sp³-hybridized carbons (Fsp3) is 0.688. The van der Waals surface area contributed by atoms with Crippen LogP contribution in [0.25, 0.3) is 0 Å². The summed E-state index contributed by atoms with van der Waals surface area (Å²) >= 11 is 1.72. The number of hydrogen-bond donors (Lipinski definition) is 0. The van der Waals surface area contributed by atoms with E-state index in [4.69, 9.17) is 4.74 Å². The van der Waals surface area contributed by atoms with E-state index in [1.54, 1.807) is 11.3 Å². The monoisotopic (exact) mass is 295 g/mol. The van der Waals surface area contributed by atoms with Gasteiger partial charge in [-0.1, -0.05) is 25.8 Å². The standard InChI is InChI=1S/C16H25NO2S/c1-2-3-4-9-16(18)17(12-14-7-5-10-19-14)13-15-8-6-11-20-15/h6,8,11,14H,2-5,7,9-10,12-13H2,1H3. The number of carbonyl (C=O) groups excluding carboxylic acids is 1.